The standard InChI is InChI=1S/C28H32F3N7O/c1-17-7-9-24-20(13-17)21(16-38(24)6)26-22(28(29,30)31)15-32-27(35-26)34-19-8-10-25(23(14-19)33-18(2)39)37(5)12-11-36(3)4/h7-10,13-16H,11-12H2,1-6H3,(H,33,39)(H,32,34,35). The highest BCUT2D eigenvalue weighted by Crippen LogP contribution is 2.40. The van der Waals surface area contributed by atoms with Crippen molar-refractivity contribution < 1.29 is 18.0 Å². The smallest absolute Gasteiger partial charge is 0.372 e. The Hall–Kier alpha value is -4.12. The van der Waals surface area contributed by atoms with Crippen LogP contribution in [-0.4, -0.2) is 59.6 Å². The van der Waals surface area contributed by atoms with E-state index in [0.29, 0.717) is 22.3 Å². The van der Waals surface area contributed by atoms with Gasteiger partial charge in [0.15, 0.2) is 0 Å². The Balaban J connectivity index is 1.75. The average molecular weight is 540 g/mol. The van der Waals surface area contributed by atoms with Gasteiger partial charge < -0.3 is 25.0 Å². The highest BCUT2D eigenvalue weighted by atomic mass is 19.4. The molecule has 39 heavy (non-hydrogen) atoms. The highest BCUT2D eigenvalue weighted by Gasteiger charge is 2.36. The fraction of sp³-hybridized carbons (Fsp3) is 0.321. The number of likely N-dealkylation sites (N-methyl/N-ethyl adjacent to an activating group) is 2. The van der Waals surface area contributed by atoms with Gasteiger partial charge in [-0.05, 0) is 51.4 Å². The number of hydrogen-bond donors (Lipinski definition) is 2. The number of alkyl halides is 3. The van der Waals surface area contributed by atoms with E-state index in [-0.39, 0.29) is 17.5 Å². The zero-order chi connectivity index (χ0) is 28.5. The second-order valence-electron chi connectivity index (χ2n) is 9.89. The first kappa shape index (κ1) is 27.9. The number of halogens is 3. The summed E-state index contributed by atoms with van der Waals surface area (Å²) in [4.78, 5) is 24.3. The topological polar surface area (TPSA) is 78.3 Å². The number of hydrogen-bond acceptors (Lipinski definition) is 6. The van der Waals surface area contributed by atoms with E-state index in [4.69, 9.17) is 0 Å². The van der Waals surface area contributed by atoms with Crippen LogP contribution in [0.4, 0.5) is 36.2 Å². The molecule has 0 spiro atoms. The van der Waals surface area contributed by atoms with Gasteiger partial charge in [-0.15, -0.1) is 0 Å². The van der Waals surface area contributed by atoms with Crippen molar-refractivity contribution in [2.75, 3.05) is 49.8 Å². The molecule has 2 aromatic carbocycles. The molecular weight excluding hydrogens is 507 g/mol. The number of aromatic nitrogens is 3. The van der Waals surface area contributed by atoms with Gasteiger partial charge in [0.2, 0.25) is 11.9 Å². The first-order valence-electron chi connectivity index (χ1n) is 12.4. The van der Waals surface area contributed by atoms with Crippen LogP contribution < -0.4 is 15.5 Å². The van der Waals surface area contributed by atoms with Gasteiger partial charge in [0.25, 0.3) is 0 Å². The molecule has 0 aliphatic heterocycles. The summed E-state index contributed by atoms with van der Waals surface area (Å²) in [5, 5.41) is 6.52. The maximum Gasteiger partial charge on any atom is 0.419 e. The van der Waals surface area contributed by atoms with Crippen molar-refractivity contribution in [2.24, 2.45) is 7.05 Å². The molecule has 8 nitrogen and oxygen atoms in total. The number of benzene rings is 2. The molecule has 0 aliphatic carbocycles. The van der Waals surface area contributed by atoms with E-state index in [1.807, 2.05) is 57.2 Å². The third-order valence-corrected chi connectivity index (χ3v) is 6.35. The first-order valence-corrected chi connectivity index (χ1v) is 12.4. The van der Waals surface area contributed by atoms with Gasteiger partial charge in [0.1, 0.15) is 5.56 Å². The summed E-state index contributed by atoms with van der Waals surface area (Å²) in [6.07, 6.45) is -2.19. The van der Waals surface area contributed by atoms with Crippen molar-refractivity contribution >= 4 is 39.8 Å². The Bertz CT molecular complexity index is 1510. The summed E-state index contributed by atoms with van der Waals surface area (Å²) in [5.74, 6) is -0.237. The first-order chi connectivity index (χ1) is 18.3. The molecule has 0 saturated heterocycles. The van der Waals surface area contributed by atoms with E-state index in [0.717, 1.165) is 36.1 Å². The number of rotatable bonds is 8. The summed E-state index contributed by atoms with van der Waals surface area (Å²) in [7, 11) is 7.67. The van der Waals surface area contributed by atoms with Crippen LogP contribution in [0.5, 0.6) is 0 Å². The van der Waals surface area contributed by atoms with Crippen molar-refractivity contribution in [3.63, 3.8) is 0 Å². The van der Waals surface area contributed by atoms with Crippen molar-refractivity contribution in [2.45, 2.75) is 20.0 Å². The molecule has 0 unspecified atom stereocenters. The lowest BCUT2D eigenvalue weighted by molar-refractivity contribution is -0.137. The minimum atomic E-state index is -4.64. The van der Waals surface area contributed by atoms with Gasteiger partial charge in [-0.25, -0.2) is 9.97 Å². The lowest BCUT2D eigenvalue weighted by Gasteiger charge is -2.24. The molecule has 0 aliphatic rings. The van der Waals surface area contributed by atoms with Gasteiger partial charge in [-0.2, -0.15) is 13.2 Å². The molecule has 2 N–H and O–H groups in total. The molecule has 11 heteroatoms. The van der Waals surface area contributed by atoms with Crippen molar-refractivity contribution in [3.05, 3.63) is 59.9 Å². The van der Waals surface area contributed by atoms with Gasteiger partial charge >= 0.3 is 6.18 Å². The number of nitrogens with zero attached hydrogens (tertiary/aromatic N) is 5. The molecule has 4 aromatic rings. The highest BCUT2D eigenvalue weighted by molar-refractivity contribution is 5.97. The van der Waals surface area contributed by atoms with Crippen LogP contribution in [0.15, 0.2) is 48.8 Å². The summed E-state index contributed by atoms with van der Waals surface area (Å²) in [6, 6.07) is 11.0. The lowest BCUT2D eigenvalue weighted by Crippen LogP contribution is -2.29. The number of amides is 1. The van der Waals surface area contributed by atoms with E-state index in [2.05, 4.69) is 25.5 Å². The molecule has 0 fully saturated rings. The molecule has 2 aromatic heterocycles. The summed E-state index contributed by atoms with van der Waals surface area (Å²) in [6.45, 7) is 4.84. The van der Waals surface area contributed by atoms with Crippen LogP contribution in [0.3, 0.4) is 0 Å². The van der Waals surface area contributed by atoms with Gasteiger partial charge in [0, 0.05) is 68.7 Å². The molecule has 1 amide bonds. The van der Waals surface area contributed by atoms with E-state index in [9.17, 15) is 18.0 Å². The molecule has 206 valence electrons. The largest absolute Gasteiger partial charge is 0.419 e. The zero-order valence-electron chi connectivity index (χ0n) is 22.8. The van der Waals surface area contributed by atoms with Crippen molar-refractivity contribution in [3.8, 4) is 11.3 Å². The van der Waals surface area contributed by atoms with E-state index in [1.165, 1.54) is 6.92 Å². The Morgan fingerprint density at radius 3 is 2.49 bits per heavy atom. The van der Waals surface area contributed by atoms with E-state index < -0.39 is 11.7 Å². The molecule has 4 rings (SSSR count). The molecule has 0 saturated carbocycles. The normalized spacial score (nSPS) is 11.7. The maximum atomic E-state index is 14.0. The fourth-order valence-electron chi connectivity index (χ4n) is 4.39. The van der Waals surface area contributed by atoms with Crippen molar-refractivity contribution in [1.29, 1.82) is 0 Å². The molecule has 0 radical (unpaired) electrons. The van der Waals surface area contributed by atoms with Crippen LogP contribution in [-0.2, 0) is 18.0 Å². The van der Waals surface area contributed by atoms with Crippen LogP contribution in [0.25, 0.3) is 22.2 Å². The Morgan fingerprint density at radius 1 is 1.08 bits per heavy atom. The van der Waals surface area contributed by atoms with E-state index in [1.54, 1.807) is 29.9 Å². The predicted molar refractivity (Wildman–Crippen MR) is 150 cm³/mol. The van der Waals surface area contributed by atoms with Gasteiger partial charge in [0.05, 0.1) is 17.1 Å². The molecule has 0 atom stereocenters. The lowest BCUT2D eigenvalue weighted by atomic mass is 10.0. The summed E-state index contributed by atoms with van der Waals surface area (Å²) < 4.78 is 43.9. The fourth-order valence-corrected chi connectivity index (χ4v) is 4.39. The van der Waals surface area contributed by atoms with Gasteiger partial charge in [-0.3, -0.25) is 4.79 Å². The number of nitrogens with one attached hydrogen (secondary N) is 2. The second kappa shape index (κ2) is 10.9. The average Bonchev–Trinajstić information content (AvgIpc) is 3.17. The summed E-state index contributed by atoms with van der Waals surface area (Å²) >= 11 is 0. The van der Waals surface area contributed by atoms with Gasteiger partial charge in [-0.1, -0.05) is 11.6 Å². The minimum Gasteiger partial charge on any atom is -0.372 e. The van der Waals surface area contributed by atoms with Crippen LogP contribution in [0.2, 0.25) is 0 Å². The number of carbonyl (C=O) groups is 1. The van der Waals surface area contributed by atoms with E-state index >= 15 is 0 Å². The van der Waals surface area contributed by atoms with Crippen LogP contribution >= 0.6 is 0 Å². The monoisotopic (exact) mass is 539 g/mol. The Labute approximate surface area is 225 Å². The molecular formula is C28H32F3N7O. The van der Waals surface area contributed by atoms with Crippen molar-refractivity contribution in [1.82, 2.24) is 19.4 Å². The molecule has 2 heterocycles. The third kappa shape index (κ3) is 6.31. The quantitative estimate of drug-likeness (QED) is 0.301. The predicted octanol–water partition coefficient (Wildman–Crippen LogP) is 5.66. The second-order valence-corrected chi connectivity index (χ2v) is 9.89. The summed E-state index contributed by atoms with van der Waals surface area (Å²) in [5.41, 5.74) is 2.84. The number of anilines is 4. The maximum absolute atomic E-state index is 14.0. The Kier molecular flexibility index (Phi) is 7.82. The SMILES string of the molecule is CC(=O)Nc1cc(Nc2ncc(C(F)(F)F)c(-c3cn(C)c4ccc(C)cc34)n2)ccc1N(C)CCN(C)C. The number of fused-ring (bicyclic) bond motifs is 1. The molecule has 0 bridgehead atoms. The number of aryl methyl sites for hydroxylation is 2. The van der Waals surface area contributed by atoms with Crippen LogP contribution in [0, 0.1) is 6.92 Å². The van der Waals surface area contributed by atoms with Crippen LogP contribution in [0.1, 0.15) is 18.1 Å². The third-order valence-electron chi connectivity index (χ3n) is 6.35. The zero-order valence-corrected chi connectivity index (χ0v) is 22.8. The Morgan fingerprint density at radius 2 is 1.82 bits per heavy atom. The number of carbonyl (C=O) groups excluding carboxylic acids is 1. The minimum absolute atomic E-state index is 0.00476.